The molecule has 0 fully saturated rings. The molecule has 0 amide bonds. The van der Waals surface area contributed by atoms with Crippen LogP contribution in [-0.4, -0.2) is 16.1 Å². The lowest BCUT2D eigenvalue weighted by Crippen LogP contribution is -2.15. The maximum atomic E-state index is 12.0. The minimum Gasteiger partial charge on any atom is -0.481 e. The van der Waals surface area contributed by atoms with Crippen LogP contribution >= 0.6 is 11.3 Å². The van der Waals surface area contributed by atoms with E-state index in [0.29, 0.717) is 6.42 Å². The summed E-state index contributed by atoms with van der Waals surface area (Å²) in [6.45, 7) is 8.09. The first-order valence-corrected chi connectivity index (χ1v) is 9.44. The molecule has 2 heterocycles. The molecule has 0 spiro atoms. The van der Waals surface area contributed by atoms with Gasteiger partial charge in [-0.05, 0) is 49.9 Å². The van der Waals surface area contributed by atoms with E-state index in [1.54, 1.807) is 11.3 Å². The van der Waals surface area contributed by atoms with Crippen LogP contribution in [0.1, 0.15) is 47.4 Å². The Hall–Kier alpha value is -2.20. The number of hydrogen-bond acceptors (Lipinski definition) is 3. The molecule has 0 saturated heterocycles. The molecule has 0 aliphatic carbocycles. The highest BCUT2D eigenvalue weighted by Gasteiger charge is 2.27. The average molecular weight is 353 g/mol. The van der Waals surface area contributed by atoms with E-state index >= 15 is 0 Å². The number of carbonyl (C=O) groups is 1. The second-order valence-corrected chi connectivity index (χ2v) is 7.84. The molecule has 0 aliphatic heterocycles. The molecule has 0 saturated carbocycles. The Morgan fingerprint density at radius 1 is 1.20 bits per heavy atom. The lowest BCUT2D eigenvalue weighted by Gasteiger charge is -2.20. The summed E-state index contributed by atoms with van der Waals surface area (Å²) < 4.78 is 0. The van der Waals surface area contributed by atoms with Crippen molar-refractivity contribution in [3.63, 3.8) is 0 Å². The van der Waals surface area contributed by atoms with Gasteiger partial charge >= 0.3 is 5.97 Å². The molecular formula is C21H23NO2S. The third kappa shape index (κ3) is 3.31. The quantitative estimate of drug-likeness (QED) is 0.625. The molecule has 4 heteroatoms. The highest BCUT2D eigenvalue weighted by molar-refractivity contribution is 7.18. The van der Waals surface area contributed by atoms with Gasteiger partial charge in [-0.15, -0.1) is 11.3 Å². The minimum atomic E-state index is -0.772. The number of rotatable bonds is 5. The van der Waals surface area contributed by atoms with Crippen LogP contribution in [0.2, 0.25) is 0 Å². The number of carboxylic acid groups (broad SMARTS) is 1. The summed E-state index contributed by atoms with van der Waals surface area (Å²) in [5, 5.41) is 10.9. The van der Waals surface area contributed by atoms with Gasteiger partial charge in [0.15, 0.2) is 0 Å². The summed E-state index contributed by atoms with van der Waals surface area (Å²) in [5.41, 5.74) is 4.98. The topological polar surface area (TPSA) is 50.2 Å². The first-order valence-electron chi connectivity index (χ1n) is 8.62. The van der Waals surface area contributed by atoms with Gasteiger partial charge in [0.2, 0.25) is 0 Å². The number of aliphatic carboxylic acids is 1. The number of nitrogens with zero attached hydrogens (tertiary/aromatic N) is 1. The van der Waals surface area contributed by atoms with E-state index < -0.39 is 11.9 Å². The first kappa shape index (κ1) is 17.6. The Morgan fingerprint density at radius 2 is 1.88 bits per heavy atom. The minimum absolute atomic E-state index is 0.529. The molecule has 0 bridgehead atoms. The van der Waals surface area contributed by atoms with Crippen molar-refractivity contribution >= 4 is 27.5 Å². The summed E-state index contributed by atoms with van der Waals surface area (Å²) in [7, 11) is 0. The fourth-order valence-electron chi connectivity index (χ4n) is 3.44. The van der Waals surface area contributed by atoms with Crippen molar-refractivity contribution in [1.29, 1.82) is 0 Å². The largest absolute Gasteiger partial charge is 0.481 e. The molecular weight excluding hydrogens is 330 g/mol. The van der Waals surface area contributed by atoms with Gasteiger partial charge in [-0.3, -0.25) is 4.79 Å². The Morgan fingerprint density at radius 3 is 2.48 bits per heavy atom. The monoisotopic (exact) mass is 353 g/mol. The molecule has 2 aromatic heterocycles. The number of pyridine rings is 1. The van der Waals surface area contributed by atoms with Crippen LogP contribution in [0.5, 0.6) is 0 Å². The zero-order chi connectivity index (χ0) is 18.1. The van der Waals surface area contributed by atoms with Crippen LogP contribution in [0.25, 0.3) is 21.3 Å². The Balaban J connectivity index is 2.38. The van der Waals surface area contributed by atoms with E-state index in [2.05, 4.69) is 44.2 Å². The van der Waals surface area contributed by atoms with Gasteiger partial charge < -0.3 is 5.11 Å². The fourth-order valence-corrected chi connectivity index (χ4v) is 4.38. The zero-order valence-corrected chi connectivity index (χ0v) is 15.9. The molecule has 3 nitrogen and oxygen atoms in total. The van der Waals surface area contributed by atoms with E-state index in [1.807, 2.05) is 13.8 Å². The van der Waals surface area contributed by atoms with Crippen LogP contribution < -0.4 is 0 Å². The van der Waals surface area contributed by atoms with Crippen molar-refractivity contribution in [1.82, 2.24) is 4.98 Å². The predicted octanol–water partition coefficient (Wildman–Crippen LogP) is 5.86. The van der Waals surface area contributed by atoms with Gasteiger partial charge in [-0.2, -0.15) is 0 Å². The summed E-state index contributed by atoms with van der Waals surface area (Å²) in [4.78, 5) is 18.9. The number of aromatic nitrogens is 1. The van der Waals surface area contributed by atoms with Crippen molar-refractivity contribution in [3.05, 3.63) is 52.0 Å². The van der Waals surface area contributed by atoms with E-state index in [9.17, 15) is 9.90 Å². The summed E-state index contributed by atoms with van der Waals surface area (Å²) in [6, 6.07) is 10.5. The van der Waals surface area contributed by atoms with Gasteiger partial charge in [-0.25, -0.2) is 4.98 Å². The Labute approximate surface area is 152 Å². The van der Waals surface area contributed by atoms with E-state index in [-0.39, 0.29) is 0 Å². The molecule has 3 aromatic rings. The lowest BCUT2D eigenvalue weighted by molar-refractivity contribution is -0.139. The first-order chi connectivity index (χ1) is 11.9. The standard InChI is InChI=1S/C21H23NO2S/c1-5-6-16(21(23)24)18-14(4)22-20-17(11-13(3)25-20)19(18)15-9-7-12(2)8-10-15/h7-11,16H,5-6H2,1-4H3,(H,23,24). The maximum absolute atomic E-state index is 12.0. The highest BCUT2D eigenvalue weighted by atomic mass is 32.1. The van der Waals surface area contributed by atoms with Crippen LogP contribution in [0.3, 0.4) is 0 Å². The smallest absolute Gasteiger partial charge is 0.311 e. The highest BCUT2D eigenvalue weighted by Crippen LogP contribution is 2.41. The van der Waals surface area contributed by atoms with E-state index in [1.165, 1.54) is 10.4 Å². The van der Waals surface area contributed by atoms with Gasteiger partial charge in [-0.1, -0.05) is 43.2 Å². The average Bonchev–Trinajstić information content (AvgIpc) is 2.92. The number of aryl methyl sites for hydroxylation is 3. The van der Waals surface area contributed by atoms with E-state index in [0.717, 1.165) is 39.0 Å². The third-order valence-corrected chi connectivity index (χ3v) is 5.54. The molecule has 0 aliphatic rings. The van der Waals surface area contributed by atoms with Crippen molar-refractivity contribution in [2.75, 3.05) is 0 Å². The molecule has 0 radical (unpaired) electrons. The number of fused-ring (bicyclic) bond motifs is 1. The van der Waals surface area contributed by atoms with Crippen molar-refractivity contribution in [2.24, 2.45) is 0 Å². The van der Waals surface area contributed by atoms with E-state index in [4.69, 9.17) is 4.98 Å². The summed E-state index contributed by atoms with van der Waals surface area (Å²) >= 11 is 1.66. The van der Waals surface area contributed by atoms with Crippen molar-refractivity contribution in [2.45, 2.75) is 46.5 Å². The Bertz CT molecular complexity index is 925. The van der Waals surface area contributed by atoms with Gasteiger partial charge in [0.25, 0.3) is 0 Å². The predicted molar refractivity (Wildman–Crippen MR) is 105 cm³/mol. The normalized spacial score (nSPS) is 12.5. The van der Waals surface area contributed by atoms with Crippen LogP contribution in [0, 0.1) is 20.8 Å². The summed E-state index contributed by atoms with van der Waals surface area (Å²) in [5.74, 6) is -1.30. The molecule has 1 atom stereocenters. The van der Waals surface area contributed by atoms with Gasteiger partial charge in [0, 0.05) is 16.0 Å². The third-order valence-electron chi connectivity index (χ3n) is 4.60. The van der Waals surface area contributed by atoms with Crippen LogP contribution in [-0.2, 0) is 4.79 Å². The molecule has 130 valence electrons. The molecule has 1 unspecified atom stereocenters. The molecule has 1 aromatic carbocycles. The maximum Gasteiger partial charge on any atom is 0.311 e. The number of hydrogen-bond donors (Lipinski definition) is 1. The Kier molecular flexibility index (Phi) is 4.91. The van der Waals surface area contributed by atoms with Crippen molar-refractivity contribution in [3.8, 4) is 11.1 Å². The molecule has 1 N–H and O–H groups in total. The second-order valence-electron chi connectivity index (χ2n) is 6.61. The van der Waals surface area contributed by atoms with Crippen LogP contribution in [0.4, 0.5) is 0 Å². The number of carboxylic acids is 1. The van der Waals surface area contributed by atoms with Gasteiger partial charge in [0.1, 0.15) is 4.83 Å². The second kappa shape index (κ2) is 6.96. The fraction of sp³-hybridized carbons (Fsp3) is 0.333. The molecule has 25 heavy (non-hydrogen) atoms. The SMILES string of the molecule is CCCC(C(=O)O)c1c(C)nc2sc(C)cc2c1-c1ccc(C)cc1. The van der Waals surface area contributed by atoms with Crippen LogP contribution in [0.15, 0.2) is 30.3 Å². The zero-order valence-electron chi connectivity index (χ0n) is 15.1. The van der Waals surface area contributed by atoms with Gasteiger partial charge in [0.05, 0.1) is 5.92 Å². The summed E-state index contributed by atoms with van der Waals surface area (Å²) in [6.07, 6.45) is 1.44. The number of benzene rings is 1. The van der Waals surface area contributed by atoms with Crippen molar-refractivity contribution < 1.29 is 9.90 Å². The number of thiophene rings is 1. The molecule has 3 rings (SSSR count). The lowest BCUT2D eigenvalue weighted by atomic mass is 9.85.